The molecule has 6 nitrogen and oxygen atoms in total. The molecule has 0 bridgehead atoms. The Morgan fingerprint density at radius 1 is 1.15 bits per heavy atom. The van der Waals surface area contributed by atoms with Gasteiger partial charge in [-0.2, -0.15) is 0 Å². The standard InChI is InChI=1S/C27H33NO5/c1-6-19(23-18-24(29)32-25(23)20-10-8-7-9-11-20)16-17-28(26(30)33-27(2,3)4)21-12-14-22(31-5)15-13-21/h7-17,19,23,25H,6,18H2,1-5H3/b17-16-/t19-,23-,25+/m0/s1. The minimum absolute atomic E-state index is 0.0162. The summed E-state index contributed by atoms with van der Waals surface area (Å²) in [4.78, 5) is 26.7. The first-order chi connectivity index (χ1) is 15.7. The second-order valence-corrected chi connectivity index (χ2v) is 9.15. The van der Waals surface area contributed by atoms with Crippen LogP contribution < -0.4 is 9.64 Å². The fraction of sp³-hybridized carbons (Fsp3) is 0.407. The number of hydrogen-bond acceptors (Lipinski definition) is 5. The van der Waals surface area contributed by atoms with Gasteiger partial charge in [0.05, 0.1) is 19.2 Å². The molecule has 0 radical (unpaired) electrons. The number of hydrogen-bond donors (Lipinski definition) is 0. The number of carbonyl (C=O) groups excluding carboxylic acids is 2. The van der Waals surface area contributed by atoms with Crippen LogP contribution in [0.4, 0.5) is 10.5 Å². The molecule has 0 N–H and O–H groups in total. The Balaban J connectivity index is 1.88. The second kappa shape index (κ2) is 10.6. The molecular formula is C27H33NO5. The summed E-state index contributed by atoms with van der Waals surface area (Å²) in [5.74, 6) is 0.521. The Bertz CT molecular complexity index is 962. The molecule has 1 heterocycles. The van der Waals surface area contributed by atoms with Gasteiger partial charge in [-0.1, -0.05) is 43.3 Å². The Labute approximate surface area is 196 Å². The second-order valence-electron chi connectivity index (χ2n) is 9.15. The highest BCUT2D eigenvalue weighted by atomic mass is 16.6. The van der Waals surface area contributed by atoms with Gasteiger partial charge in [0.15, 0.2) is 0 Å². The summed E-state index contributed by atoms with van der Waals surface area (Å²) >= 11 is 0. The van der Waals surface area contributed by atoms with Crippen molar-refractivity contribution in [1.29, 1.82) is 0 Å². The van der Waals surface area contributed by atoms with Crippen molar-refractivity contribution in [2.24, 2.45) is 11.8 Å². The van der Waals surface area contributed by atoms with Crippen molar-refractivity contribution in [1.82, 2.24) is 0 Å². The predicted molar refractivity (Wildman–Crippen MR) is 128 cm³/mol. The van der Waals surface area contributed by atoms with Crippen LogP contribution in [0.2, 0.25) is 0 Å². The van der Waals surface area contributed by atoms with Crippen molar-refractivity contribution in [2.75, 3.05) is 12.0 Å². The molecule has 0 spiro atoms. The first kappa shape index (κ1) is 24.4. The van der Waals surface area contributed by atoms with Gasteiger partial charge in [0.1, 0.15) is 17.5 Å². The number of carbonyl (C=O) groups is 2. The van der Waals surface area contributed by atoms with Gasteiger partial charge in [-0.3, -0.25) is 9.69 Å². The zero-order valence-corrected chi connectivity index (χ0v) is 20.0. The van der Waals surface area contributed by atoms with E-state index in [1.54, 1.807) is 25.4 Å². The normalized spacial score (nSPS) is 19.2. The van der Waals surface area contributed by atoms with E-state index in [0.29, 0.717) is 17.9 Å². The van der Waals surface area contributed by atoms with Gasteiger partial charge in [-0.25, -0.2) is 4.79 Å². The first-order valence-corrected chi connectivity index (χ1v) is 11.3. The maximum atomic E-state index is 13.0. The van der Waals surface area contributed by atoms with Gasteiger partial charge in [0.25, 0.3) is 0 Å². The van der Waals surface area contributed by atoms with Gasteiger partial charge < -0.3 is 14.2 Å². The zero-order valence-electron chi connectivity index (χ0n) is 20.0. The predicted octanol–water partition coefficient (Wildman–Crippen LogP) is 6.28. The van der Waals surface area contributed by atoms with E-state index in [2.05, 4.69) is 6.92 Å². The van der Waals surface area contributed by atoms with Gasteiger partial charge in [0, 0.05) is 12.1 Å². The van der Waals surface area contributed by atoms with E-state index in [9.17, 15) is 9.59 Å². The third-order valence-electron chi connectivity index (χ3n) is 5.62. The molecule has 0 aliphatic carbocycles. The van der Waals surface area contributed by atoms with Crippen LogP contribution in [-0.4, -0.2) is 24.8 Å². The van der Waals surface area contributed by atoms with Gasteiger partial charge in [-0.15, -0.1) is 0 Å². The average Bonchev–Trinajstić information content (AvgIpc) is 3.17. The summed E-state index contributed by atoms with van der Waals surface area (Å²) in [6, 6.07) is 17.0. The molecule has 176 valence electrons. The smallest absolute Gasteiger partial charge is 0.418 e. The van der Waals surface area contributed by atoms with E-state index in [1.807, 2.05) is 69.3 Å². The highest BCUT2D eigenvalue weighted by Crippen LogP contribution is 2.41. The highest BCUT2D eigenvalue weighted by Gasteiger charge is 2.39. The van der Waals surface area contributed by atoms with Gasteiger partial charge >= 0.3 is 12.1 Å². The van der Waals surface area contributed by atoms with Crippen LogP contribution >= 0.6 is 0 Å². The van der Waals surface area contributed by atoms with E-state index < -0.39 is 11.7 Å². The fourth-order valence-corrected chi connectivity index (χ4v) is 3.99. The summed E-state index contributed by atoms with van der Waals surface area (Å²) in [5.41, 5.74) is 1.01. The van der Waals surface area contributed by atoms with Crippen molar-refractivity contribution in [2.45, 2.75) is 52.2 Å². The number of nitrogens with zero attached hydrogens (tertiary/aromatic N) is 1. The van der Waals surface area contributed by atoms with Crippen LogP contribution in [0.5, 0.6) is 5.75 Å². The van der Waals surface area contributed by atoms with E-state index in [1.165, 1.54) is 4.90 Å². The maximum absolute atomic E-state index is 13.0. The molecule has 33 heavy (non-hydrogen) atoms. The lowest BCUT2D eigenvalue weighted by Crippen LogP contribution is -2.33. The van der Waals surface area contributed by atoms with Crippen LogP contribution in [0.15, 0.2) is 66.9 Å². The number of methoxy groups -OCH3 is 1. The van der Waals surface area contributed by atoms with Gasteiger partial charge in [0.2, 0.25) is 0 Å². The molecule has 0 unspecified atom stereocenters. The summed E-state index contributed by atoms with van der Waals surface area (Å²) in [5, 5.41) is 0. The number of ether oxygens (including phenoxy) is 3. The molecule has 1 aliphatic heterocycles. The summed E-state index contributed by atoms with van der Waals surface area (Å²) in [6.07, 6.45) is 4.09. The number of cyclic esters (lactones) is 1. The molecule has 6 heteroatoms. The summed E-state index contributed by atoms with van der Waals surface area (Å²) in [7, 11) is 1.60. The number of allylic oxidation sites excluding steroid dienone is 1. The number of rotatable bonds is 7. The molecule has 0 saturated carbocycles. The van der Waals surface area contributed by atoms with Crippen LogP contribution in [0.25, 0.3) is 0 Å². The number of anilines is 1. The minimum atomic E-state index is -0.635. The summed E-state index contributed by atoms with van der Waals surface area (Å²) < 4.78 is 16.6. The third-order valence-corrected chi connectivity index (χ3v) is 5.62. The number of amides is 1. The first-order valence-electron chi connectivity index (χ1n) is 11.3. The Morgan fingerprint density at radius 3 is 2.39 bits per heavy atom. The topological polar surface area (TPSA) is 65.1 Å². The lowest BCUT2D eigenvalue weighted by Gasteiger charge is -2.27. The molecule has 1 saturated heterocycles. The maximum Gasteiger partial charge on any atom is 0.418 e. The van der Waals surface area contributed by atoms with E-state index >= 15 is 0 Å². The van der Waals surface area contributed by atoms with Crippen molar-refractivity contribution < 1.29 is 23.8 Å². The highest BCUT2D eigenvalue weighted by molar-refractivity contribution is 5.90. The average molecular weight is 452 g/mol. The molecule has 1 fully saturated rings. The van der Waals surface area contributed by atoms with E-state index in [0.717, 1.165) is 12.0 Å². The SMILES string of the molecule is CC[C@@H](/C=C\N(C(=O)OC(C)(C)C)c1ccc(OC)cc1)[C@@H]1CC(=O)O[C@@H]1c1ccccc1. The van der Waals surface area contributed by atoms with Crippen molar-refractivity contribution in [3.05, 3.63) is 72.4 Å². The van der Waals surface area contributed by atoms with Crippen molar-refractivity contribution >= 4 is 17.7 Å². The summed E-state index contributed by atoms with van der Waals surface area (Å²) in [6.45, 7) is 7.58. The van der Waals surface area contributed by atoms with Crippen molar-refractivity contribution in [3.63, 3.8) is 0 Å². The van der Waals surface area contributed by atoms with E-state index in [4.69, 9.17) is 14.2 Å². The van der Waals surface area contributed by atoms with Crippen LogP contribution in [0.1, 0.15) is 52.2 Å². The Hall–Kier alpha value is -3.28. The Kier molecular flexibility index (Phi) is 7.79. The Morgan fingerprint density at radius 2 is 1.82 bits per heavy atom. The fourth-order valence-electron chi connectivity index (χ4n) is 3.99. The number of benzene rings is 2. The molecule has 3 atom stereocenters. The zero-order chi connectivity index (χ0) is 24.0. The van der Waals surface area contributed by atoms with Crippen LogP contribution in [0.3, 0.4) is 0 Å². The molecule has 2 aromatic rings. The lowest BCUT2D eigenvalue weighted by molar-refractivity contribution is -0.141. The quantitative estimate of drug-likeness (QED) is 0.464. The lowest BCUT2D eigenvalue weighted by atomic mass is 9.82. The molecular weight excluding hydrogens is 418 g/mol. The molecule has 3 rings (SSSR count). The molecule has 1 amide bonds. The third kappa shape index (κ3) is 6.37. The minimum Gasteiger partial charge on any atom is -0.497 e. The largest absolute Gasteiger partial charge is 0.497 e. The van der Waals surface area contributed by atoms with Crippen LogP contribution in [0, 0.1) is 11.8 Å². The van der Waals surface area contributed by atoms with E-state index in [-0.39, 0.29) is 23.9 Å². The van der Waals surface area contributed by atoms with Gasteiger partial charge in [-0.05, 0) is 62.9 Å². The monoisotopic (exact) mass is 451 g/mol. The van der Waals surface area contributed by atoms with Crippen LogP contribution in [-0.2, 0) is 14.3 Å². The molecule has 0 aromatic heterocycles. The van der Waals surface area contributed by atoms with Crippen molar-refractivity contribution in [3.8, 4) is 5.75 Å². The number of esters is 1. The molecule has 1 aliphatic rings. The molecule has 2 aromatic carbocycles.